The molecule has 1 aromatic rings. The van der Waals surface area contributed by atoms with Crippen LogP contribution in [0.3, 0.4) is 0 Å². The van der Waals surface area contributed by atoms with Gasteiger partial charge in [0.25, 0.3) is 0 Å². The molecule has 0 unspecified atom stereocenters. The van der Waals surface area contributed by atoms with E-state index in [1.54, 1.807) is 4.90 Å². The van der Waals surface area contributed by atoms with Crippen molar-refractivity contribution in [2.24, 2.45) is 7.05 Å². The fourth-order valence-corrected chi connectivity index (χ4v) is 2.67. The number of carbonyl (C=O) groups is 1. The van der Waals surface area contributed by atoms with Crippen LogP contribution in [0.2, 0.25) is 0 Å². The topological polar surface area (TPSA) is 61.6 Å². The number of hydrogen-bond acceptors (Lipinski definition) is 4. The summed E-state index contributed by atoms with van der Waals surface area (Å²) in [6.07, 6.45) is 2.55. The van der Waals surface area contributed by atoms with Crippen molar-refractivity contribution in [2.45, 2.75) is 31.9 Å². The third kappa shape index (κ3) is 3.02. The highest BCUT2D eigenvalue weighted by Gasteiger charge is 2.34. The van der Waals surface area contributed by atoms with Crippen LogP contribution < -0.4 is 0 Å². The number of aromatic nitrogens is 2. The number of aliphatic hydroxyl groups excluding tert-OH is 1. The first-order chi connectivity index (χ1) is 9.40. The lowest BCUT2D eigenvalue weighted by Gasteiger charge is -2.21. The monoisotopic (exact) mass is 280 g/mol. The van der Waals surface area contributed by atoms with Crippen molar-refractivity contribution in [1.29, 1.82) is 0 Å². The molecule has 0 aliphatic carbocycles. The Balaban J connectivity index is 1.89. The summed E-state index contributed by atoms with van der Waals surface area (Å²) in [6, 6.07) is 0.0408. The zero-order valence-corrected chi connectivity index (χ0v) is 12.7. The van der Waals surface area contributed by atoms with Gasteiger partial charge in [-0.15, -0.1) is 0 Å². The van der Waals surface area contributed by atoms with E-state index in [0.717, 1.165) is 11.3 Å². The lowest BCUT2D eigenvalue weighted by Crippen LogP contribution is -2.38. The fraction of sp³-hybridized carbons (Fsp3) is 0.714. The van der Waals surface area contributed by atoms with Crippen LogP contribution in [-0.2, 0) is 18.3 Å². The number of likely N-dealkylation sites (N-methyl/N-ethyl adjacent to an activating group) is 1. The third-order valence-corrected chi connectivity index (χ3v) is 4.22. The predicted octanol–water partition coefficient (Wildman–Crippen LogP) is -0.206. The van der Waals surface area contributed by atoms with Crippen molar-refractivity contribution in [1.82, 2.24) is 19.6 Å². The second-order valence-electron chi connectivity index (χ2n) is 5.78. The summed E-state index contributed by atoms with van der Waals surface area (Å²) in [5, 5.41) is 14.1. The molecule has 1 N–H and O–H groups in total. The Bertz CT molecular complexity index is 484. The van der Waals surface area contributed by atoms with Crippen molar-refractivity contribution >= 4 is 5.91 Å². The molecule has 2 heterocycles. The summed E-state index contributed by atoms with van der Waals surface area (Å²) in [6.45, 7) is 3.06. The predicted molar refractivity (Wildman–Crippen MR) is 76.3 cm³/mol. The largest absolute Gasteiger partial charge is 0.390 e. The smallest absolute Gasteiger partial charge is 0.223 e. The highest BCUT2D eigenvalue weighted by atomic mass is 16.3. The number of amides is 1. The van der Waals surface area contributed by atoms with Gasteiger partial charge in [0, 0.05) is 32.3 Å². The van der Waals surface area contributed by atoms with Gasteiger partial charge in [-0.25, -0.2) is 0 Å². The normalized spacial score (nSPS) is 22.8. The number of aliphatic hydroxyl groups is 1. The Hall–Kier alpha value is -1.40. The molecule has 20 heavy (non-hydrogen) atoms. The van der Waals surface area contributed by atoms with Gasteiger partial charge in [-0.3, -0.25) is 9.48 Å². The van der Waals surface area contributed by atoms with Gasteiger partial charge in [0.2, 0.25) is 5.91 Å². The molecule has 1 fully saturated rings. The van der Waals surface area contributed by atoms with Gasteiger partial charge in [-0.05, 0) is 33.0 Å². The number of rotatable bonds is 4. The highest BCUT2D eigenvalue weighted by Crippen LogP contribution is 2.16. The summed E-state index contributed by atoms with van der Waals surface area (Å²) in [4.78, 5) is 16.0. The zero-order chi connectivity index (χ0) is 14.9. The van der Waals surface area contributed by atoms with Gasteiger partial charge in [0.15, 0.2) is 0 Å². The average Bonchev–Trinajstić information content (AvgIpc) is 2.92. The minimum absolute atomic E-state index is 0.0408. The van der Waals surface area contributed by atoms with Gasteiger partial charge < -0.3 is 14.9 Å². The quantitative estimate of drug-likeness (QED) is 0.829. The van der Waals surface area contributed by atoms with Crippen LogP contribution in [0.15, 0.2) is 6.20 Å². The van der Waals surface area contributed by atoms with Crippen LogP contribution in [-0.4, -0.2) is 69.9 Å². The number of hydrogen-bond donors (Lipinski definition) is 1. The lowest BCUT2D eigenvalue weighted by atomic mass is 10.1. The first kappa shape index (κ1) is 15.0. The van der Waals surface area contributed by atoms with E-state index in [-0.39, 0.29) is 11.9 Å². The molecule has 0 aromatic carbocycles. The maximum Gasteiger partial charge on any atom is 0.223 e. The molecule has 6 nitrogen and oxygen atoms in total. The van der Waals surface area contributed by atoms with E-state index in [0.29, 0.717) is 25.9 Å². The van der Waals surface area contributed by atoms with Crippen molar-refractivity contribution in [3.8, 4) is 0 Å². The molecular weight excluding hydrogens is 256 g/mol. The average molecular weight is 280 g/mol. The van der Waals surface area contributed by atoms with E-state index in [2.05, 4.69) is 5.10 Å². The molecule has 1 aliphatic rings. The number of carbonyl (C=O) groups excluding carboxylic acids is 1. The van der Waals surface area contributed by atoms with E-state index in [4.69, 9.17) is 0 Å². The fourth-order valence-electron chi connectivity index (χ4n) is 2.67. The molecule has 0 saturated carbocycles. The molecule has 2 rings (SSSR count). The first-order valence-corrected chi connectivity index (χ1v) is 7.00. The Kier molecular flexibility index (Phi) is 4.45. The Morgan fingerprint density at radius 1 is 1.50 bits per heavy atom. The highest BCUT2D eigenvalue weighted by molar-refractivity contribution is 5.77. The SMILES string of the molecule is Cc1c(CCC(=O)N2C[C@@H](O)[C@H](N(C)C)C2)cnn1C. The van der Waals surface area contributed by atoms with Crippen molar-refractivity contribution < 1.29 is 9.90 Å². The lowest BCUT2D eigenvalue weighted by molar-refractivity contribution is -0.130. The Morgan fingerprint density at radius 2 is 2.20 bits per heavy atom. The van der Waals surface area contributed by atoms with Gasteiger partial charge in [0.05, 0.1) is 18.3 Å². The van der Waals surface area contributed by atoms with Crippen LogP contribution in [0.1, 0.15) is 17.7 Å². The van der Waals surface area contributed by atoms with Gasteiger partial charge in [0.1, 0.15) is 0 Å². The van der Waals surface area contributed by atoms with Crippen molar-refractivity contribution in [3.63, 3.8) is 0 Å². The molecule has 112 valence electrons. The maximum absolute atomic E-state index is 12.2. The van der Waals surface area contributed by atoms with E-state index >= 15 is 0 Å². The number of β-amino-alcohol motifs (C(OH)–C–C–N with tert-alkyl or cyclic N) is 1. The van der Waals surface area contributed by atoms with E-state index in [1.165, 1.54) is 0 Å². The molecule has 6 heteroatoms. The molecule has 0 radical (unpaired) electrons. The van der Waals surface area contributed by atoms with Crippen molar-refractivity contribution in [2.75, 3.05) is 27.2 Å². The second-order valence-corrected chi connectivity index (χ2v) is 5.78. The van der Waals surface area contributed by atoms with Crippen molar-refractivity contribution in [3.05, 3.63) is 17.5 Å². The summed E-state index contributed by atoms with van der Waals surface area (Å²) < 4.78 is 1.82. The third-order valence-electron chi connectivity index (χ3n) is 4.22. The molecule has 1 aromatic heterocycles. The van der Waals surface area contributed by atoms with E-state index < -0.39 is 6.10 Å². The zero-order valence-electron chi connectivity index (χ0n) is 12.7. The number of nitrogens with zero attached hydrogens (tertiary/aromatic N) is 4. The summed E-state index contributed by atoms with van der Waals surface area (Å²) >= 11 is 0. The number of likely N-dealkylation sites (tertiary alicyclic amines) is 1. The Labute approximate surface area is 120 Å². The van der Waals surface area contributed by atoms with E-state index in [1.807, 2.05) is 43.8 Å². The van der Waals surface area contributed by atoms with Crippen LogP contribution in [0.25, 0.3) is 0 Å². The summed E-state index contributed by atoms with van der Waals surface area (Å²) in [5.41, 5.74) is 2.22. The molecular formula is C14H24N4O2. The Morgan fingerprint density at radius 3 is 2.70 bits per heavy atom. The van der Waals surface area contributed by atoms with Crippen LogP contribution >= 0.6 is 0 Å². The van der Waals surface area contributed by atoms with Gasteiger partial charge in [-0.2, -0.15) is 5.10 Å². The minimum atomic E-state index is -0.450. The summed E-state index contributed by atoms with van der Waals surface area (Å²) in [5.74, 6) is 0.108. The first-order valence-electron chi connectivity index (χ1n) is 7.00. The summed E-state index contributed by atoms with van der Waals surface area (Å²) in [7, 11) is 5.76. The number of aryl methyl sites for hydroxylation is 2. The van der Waals surface area contributed by atoms with Gasteiger partial charge in [-0.1, -0.05) is 0 Å². The standard InChI is InChI=1S/C14H24N4O2/c1-10-11(7-15-17(10)4)5-6-14(20)18-8-12(16(2)3)13(19)9-18/h7,12-13,19H,5-6,8-9H2,1-4H3/t12-,13-/m1/s1. The van der Waals surface area contributed by atoms with Crippen LogP contribution in [0, 0.1) is 6.92 Å². The maximum atomic E-state index is 12.2. The molecule has 1 saturated heterocycles. The molecule has 1 amide bonds. The molecule has 2 atom stereocenters. The van der Waals surface area contributed by atoms with Crippen LogP contribution in [0.4, 0.5) is 0 Å². The molecule has 0 bridgehead atoms. The minimum Gasteiger partial charge on any atom is -0.390 e. The van der Waals surface area contributed by atoms with E-state index in [9.17, 15) is 9.90 Å². The molecule has 0 spiro atoms. The van der Waals surface area contributed by atoms with Gasteiger partial charge >= 0.3 is 0 Å². The van der Waals surface area contributed by atoms with Crippen LogP contribution in [0.5, 0.6) is 0 Å². The molecule has 1 aliphatic heterocycles. The second kappa shape index (κ2) is 5.93.